The molecule has 0 aliphatic rings. The number of hydroxylamine groups is 1. The van der Waals surface area contributed by atoms with E-state index in [4.69, 9.17) is 24.1 Å². The number of rotatable bonds is 10. The second-order valence-corrected chi connectivity index (χ2v) is 8.49. The maximum Gasteiger partial charge on any atom is 0.285 e. The van der Waals surface area contributed by atoms with E-state index in [0.717, 1.165) is 22.3 Å². The molecule has 11 nitrogen and oxygen atoms in total. The zero-order chi connectivity index (χ0) is 26.4. The number of aryl methyl sites for hydroxylation is 1. The molecule has 1 atom stereocenters. The fourth-order valence-corrected chi connectivity index (χ4v) is 3.55. The number of aliphatic hydroxyl groups is 1. The number of carbonyl (C=O) groups excluding carboxylic acids is 2. The minimum absolute atomic E-state index is 0.0281. The average molecular weight is 507 g/mol. The molecule has 0 bridgehead atoms. The molecule has 2 heterocycles. The second-order valence-electron chi connectivity index (χ2n) is 8.49. The van der Waals surface area contributed by atoms with E-state index in [1.165, 1.54) is 12.4 Å². The third kappa shape index (κ3) is 5.92. The summed E-state index contributed by atoms with van der Waals surface area (Å²) in [6.45, 7) is 2.78. The first-order valence-electron chi connectivity index (χ1n) is 11.4. The van der Waals surface area contributed by atoms with Crippen molar-refractivity contribution in [3.63, 3.8) is 0 Å². The molecule has 0 saturated heterocycles. The molecule has 2 aromatic heterocycles. The molecule has 2 aromatic carbocycles. The molecule has 4 N–H and O–H groups in total. The molecule has 0 saturated carbocycles. The zero-order valence-corrected chi connectivity index (χ0v) is 20.2. The van der Waals surface area contributed by atoms with Crippen molar-refractivity contribution in [1.82, 2.24) is 21.1 Å². The maximum absolute atomic E-state index is 12.8. The largest absolute Gasteiger partial charge is 0.390 e. The number of aromatic nitrogens is 2. The maximum atomic E-state index is 12.8. The summed E-state index contributed by atoms with van der Waals surface area (Å²) < 4.78 is 15.9. The number of amides is 2. The van der Waals surface area contributed by atoms with Crippen LogP contribution in [0.15, 0.2) is 69.7 Å². The first-order chi connectivity index (χ1) is 17.8. The van der Waals surface area contributed by atoms with Crippen LogP contribution < -0.4 is 10.8 Å². The number of hydrogen-bond donors (Lipinski definition) is 4. The predicted octanol–water partition coefficient (Wildman–Crippen LogP) is 2.89. The molecule has 11 heteroatoms. The lowest BCUT2D eigenvalue weighted by atomic mass is 10.0. The summed E-state index contributed by atoms with van der Waals surface area (Å²) in [6.07, 6.45) is 0. The highest BCUT2D eigenvalue weighted by Gasteiger charge is 2.42. The lowest BCUT2D eigenvalue weighted by Crippen LogP contribution is -2.56. The van der Waals surface area contributed by atoms with E-state index in [0.29, 0.717) is 22.9 Å². The van der Waals surface area contributed by atoms with Crippen LogP contribution in [-0.4, -0.2) is 38.0 Å². The monoisotopic (exact) mass is 506 g/mol. The van der Waals surface area contributed by atoms with E-state index in [1.807, 2.05) is 48.5 Å². The van der Waals surface area contributed by atoms with Crippen LogP contribution in [0.1, 0.15) is 29.6 Å². The number of ether oxygens (including phenoxy) is 1. The summed E-state index contributed by atoms with van der Waals surface area (Å²) >= 11 is 0. The van der Waals surface area contributed by atoms with E-state index in [1.54, 1.807) is 19.1 Å². The standard InChI is InChI=1S/C26H26N4O7/c1-16-11-21(29-36-16)13-27-24(32)26(2,25(33)28-34)35-15-17-3-5-18(6-4-17)19-7-9-20(10-8-19)23-12-22(14-31)30-37-23/h3-12,31,34H,13-15H2,1-2H3,(H,27,32)(H,28,33). The Balaban J connectivity index is 1.40. The Morgan fingerprint density at radius 1 is 0.919 bits per heavy atom. The van der Waals surface area contributed by atoms with Gasteiger partial charge in [0.2, 0.25) is 5.60 Å². The summed E-state index contributed by atoms with van der Waals surface area (Å²) in [5.41, 5.74) is 3.91. The third-order valence-electron chi connectivity index (χ3n) is 5.78. The van der Waals surface area contributed by atoms with Gasteiger partial charge in [-0.05, 0) is 30.5 Å². The van der Waals surface area contributed by atoms with Crippen molar-refractivity contribution >= 4 is 11.8 Å². The van der Waals surface area contributed by atoms with Crippen LogP contribution in [0.4, 0.5) is 0 Å². The van der Waals surface area contributed by atoms with Crippen molar-refractivity contribution in [2.45, 2.75) is 39.2 Å². The number of aliphatic hydroxyl groups excluding tert-OH is 1. The molecule has 37 heavy (non-hydrogen) atoms. The zero-order valence-electron chi connectivity index (χ0n) is 20.2. The van der Waals surface area contributed by atoms with E-state index < -0.39 is 17.4 Å². The van der Waals surface area contributed by atoms with Gasteiger partial charge in [-0.1, -0.05) is 58.8 Å². The molecule has 0 fully saturated rings. The van der Waals surface area contributed by atoms with Gasteiger partial charge >= 0.3 is 0 Å². The SMILES string of the molecule is Cc1cc(CNC(=O)C(C)(OCc2ccc(-c3ccc(-c4cc(CO)no4)cc3)cc2)C(=O)NO)no1. The van der Waals surface area contributed by atoms with Gasteiger partial charge in [-0.2, -0.15) is 0 Å². The molecule has 4 aromatic rings. The van der Waals surface area contributed by atoms with Gasteiger partial charge < -0.3 is 24.2 Å². The highest BCUT2D eigenvalue weighted by molar-refractivity contribution is 6.07. The molecule has 0 aliphatic carbocycles. The van der Waals surface area contributed by atoms with E-state index in [2.05, 4.69) is 15.6 Å². The fourth-order valence-electron chi connectivity index (χ4n) is 3.55. The highest BCUT2D eigenvalue weighted by atomic mass is 16.5. The van der Waals surface area contributed by atoms with Crippen LogP contribution in [-0.2, 0) is 34.1 Å². The minimum Gasteiger partial charge on any atom is -0.390 e. The Hall–Kier alpha value is -4.32. The summed E-state index contributed by atoms with van der Waals surface area (Å²) in [5.74, 6) is -0.592. The topological polar surface area (TPSA) is 160 Å². The molecular formula is C26H26N4O7. The third-order valence-corrected chi connectivity index (χ3v) is 5.78. The number of benzene rings is 2. The lowest BCUT2D eigenvalue weighted by Gasteiger charge is -2.26. The first-order valence-corrected chi connectivity index (χ1v) is 11.4. The summed E-state index contributed by atoms with van der Waals surface area (Å²) in [6, 6.07) is 18.4. The van der Waals surface area contributed by atoms with Gasteiger partial charge in [0, 0.05) is 17.7 Å². The Bertz CT molecular complexity index is 1360. The van der Waals surface area contributed by atoms with Crippen LogP contribution in [0.3, 0.4) is 0 Å². The van der Waals surface area contributed by atoms with Crippen LogP contribution >= 0.6 is 0 Å². The fraction of sp³-hybridized carbons (Fsp3) is 0.231. The van der Waals surface area contributed by atoms with E-state index in [-0.39, 0.29) is 19.8 Å². The van der Waals surface area contributed by atoms with Crippen LogP contribution in [0.25, 0.3) is 22.5 Å². The van der Waals surface area contributed by atoms with E-state index in [9.17, 15) is 9.59 Å². The van der Waals surface area contributed by atoms with Gasteiger partial charge in [-0.15, -0.1) is 0 Å². The second kappa shape index (κ2) is 11.2. The molecule has 2 amide bonds. The van der Waals surface area contributed by atoms with Crippen molar-refractivity contribution in [3.05, 3.63) is 83.4 Å². The van der Waals surface area contributed by atoms with Gasteiger partial charge in [-0.3, -0.25) is 14.8 Å². The molecule has 4 rings (SSSR count). The van der Waals surface area contributed by atoms with Crippen LogP contribution in [0, 0.1) is 6.92 Å². The van der Waals surface area contributed by atoms with Gasteiger partial charge in [0.15, 0.2) is 5.76 Å². The first kappa shape index (κ1) is 25.8. The van der Waals surface area contributed by atoms with Gasteiger partial charge in [0.05, 0.1) is 19.8 Å². The van der Waals surface area contributed by atoms with Crippen LogP contribution in [0.2, 0.25) is 0 Å². The quantitative estimate of drug-likeness (QED) is 0.144. The molecule has 1 unspecified atom stereocenters. The van der Waals surface area contributed by atoms with Gasteiger partial charge in [0.1, 0.15) is 17.1 Å². The van der Waals surface area contributed by atoms with Crippen LogP contribution in [0.5, 0.6) is 0 Å². The molecular weight excluding hydrogens is 480 g/mol. The highest BCUT2D eigenvalue weighted by Crippen LogP contribution is 2.26. The van der Waals surface area contributed by atoms with Crippen molar-refractivity contribution in [3.8, 4) is 22.5 Å². The van der Waals surface area contributed by atoms with E-state index >= 15 is 0 Å². The Morgan fingerprint density at radius 3 is 2.11 bits per heavy atom. The normalized spacial score (nSPS) is 12.6. The molecule has 0 spiro atoms. The Kier molecular flexibility index (Phi) is 7.77. The van der Waals surface area contributed by atoms with Crippen molar-refractivity contribution in [2.75, 3.05) is 0 Å². The van der Waals surface area contributed by atoms with Crippen molar-refractivity contribution in [2.24, 2.45) is 0 Å². The molecule has 0 aliphatic heterocycles. The summed E-state index contributed by atoms with van der Waals surface area (Å²) in [4.78, 5) is 25.1. The Morgan fingerprint density at radius 2 is 1.54 bits per heavy atom. The minimum atomic E-state index is -1.99. The number of carbonyl (C=O) groups is 2. The summed E-state index contributed by atoms with van der Waals surface area (Å²) in [7, 11) is 0. The van der Waals surface area contributed by atoms with Gasteiger partial charge in [-0.25, -0.2) is 5.48 Å². The smallest absolute Gasteiger partial charge is 0.285 e. The summed E-state index contributed by atoms with van der Waals surface area (Å²) in [5, 5.41) is 28.5. The number of hydrogen-bond acceptors (Lipinski definition) is 9. The number of nitrogens with one attached hydrogen (secondary N) is 2. The van der Waals surface area contributed by atoms with Crippen molar-refractivity contribution < 1.29 is 33.7 Å². The lowest BCUT2D eigenvalue weighted by molar-refractivity contribution is -0.166. The predicted molar refractivity (Wildman–Crippen MR) is 130 cm³/mol. The number of nitrogens with zero attached hydrogens (tertiary/aromatic N) is 2. The molecule has 0 radical (unpaired) electrons. The van der Waals surface area contributed by atoms with Crippen molar-refractivity contribution in [1.29, 1.82) is 0 Å². The average Bonchev–Trinajstić information content (AvgIpc) is 3.59. The Labute approximate surface area is 212 Å². The van der Waals surface area contributed by atoms with Gasteiger partial charge in [0.25, 0.3) is 11.8 Å². The molecule has 192 valence electrons.